The Morgan fingerprint density at radius 3 is 2.50 bits per heavy atom. The van der Waals surface area contributed by atoms with E-state index in [2.05, 4.69) is 57.3 Å². The summed E-state index contributed by atoms with van der Waals surface area (Å²) in [5.74, 6) is 0.340. The largest absolute Gasteiger partial charge is 0.495 e. The Hall–Kier alpha value is -2.49. The molecule has 28 heavy (non-hydrogen) atoms. The smallest absolute Gasteiger partial charge is 0.337 e. The molecule has 0 aromatic heterocycles. The number of anilines is 1. The van der Waals surface area contributed by atoms with Crippen LogP contribution in [0, 0.1) is 0 Å². The molecule has 1 rings (SSSR count). The number of methoxy groups -OCH3 is 2. The number of allylic oxidation sites excluding steroid dienone is 5. The zero-order valence-corrected chi connectivity index (χ0v) is 18.2. The molecular weight excluding hydrogens is 350 g/mol. The maximum absolute atomic E-state index is 11.8. The average molecular weight is 386 g/mol. The summed E-state index contributed by atoms with van der Waals surface area (Å²) in [6, 6.07) is 5.36. The highest BCUT2D eigenvalue weighted by Crippen LogP contribution is 2.27. The van der Waals surface area contributed by atoms with Gasteiger partial charge in [0.2, 0.25) is 0 Å². The third-order valence-electron chi connectivity index (χ3n) is 4.51. The van der Waals surface area contributed by atoms with Gasteiger partial charge >= 0.3 is 5.97 Å². The van der Waals surface area contributed by atoms with Crippen LogP contribution in [0.4, 0.5) is 5.69 Å². The zero-order chi connectivity index (χ0) is 20.9. The molecule has 0 aliphatic rings. The molecule has 154 valence electrons. The molecule has 0 amide bonds. The summed E-state index contributed by atoms with van der Waals surface area (Å²) in [5, 5.41) is 3.41. The van der Waals surface area contributed by atoms with Gasteiger partial charge in [0, 0.05) is 6.04 Å². The number of nitrogens with one attached hydrogen (secondary N) is 1. The Bertz CT molecular complexity index is 717. The first-order chi connectivity index (χ1) is 13.4. The van der Waals surface area contributed by atoms with Crippen LogP contribution in [-0.4, -0.2) is 26.2 Å². The summed E-state index contributed by atoms with van der Waals surface area (Å²) in [7, 11) is 3.00. The van der Waals surface area contributed by atoms with Crippen molar-refractivity contribution in [3.63, 3.8) is 0 Å². The highest BCUT2D eigenvalue weighted by Gasteiger charge is 2.11. The molecule has 0 aliphatic heterocycles. The van der Waals surface area contributed by atoms with E-state index in [1.807, 2.05) is 0 Å². The molecule has 1 atom stereocenters. The number of esters is 1. The second-order valence-corrected chi connectivity index (χ2v) is 7.05. The maximum Gasteiger partial charge on any atom is 0.337 e. The average Bonchev–Trinajstić information content (AvgIpc) is 2.67. The topological polar surface area (TPSA) is 47.6 Å². The number of rotatable bonds is 11. The van der Waals surface area contributed by atoms with Crippen molar-refractivity contribution in [2.24, 2.45) is 0 Å². The van der Waals surface area contributed by atoms with Gasteiger partial charge in [0.1, 0.15) is 5.75 Å². The van der Waals surface area contributed by atoms with Crippen LogP contribution >= 0.6 is 0 Å². The molecule has 0 fully saturated rings. The van der Waals surface area contributed by atoms with E-state index in [1.54, 1.807) is 25.3 Å². The minimum absolute atomic E-state index is 0.113. The molecule has 0 saturated heterocycles. The summed E-state index contributed by atoms with van der Waals surface area (Å²) in [5.41, 5.74) is 4.06. The van der Waals surface area contributed by atoms with E-state index < -0.39 is 0 Å². The van der Waals surface area contributed by atoms with Crippen molar-refractivity contribution in [1.29, 1.82) is 0 Å². The van der Waals surface area contributed by atoms with E-state index in [0.29, 0.717) is 11.3 Å². The summed E-state index contributed by atoms with van der Waals surface area (Å²) >= 11 is 0. The Labute approximate surface area is 170 Å². The van der Waals surface area contributed by atoms with Crippen molar-refractivity contribution in [3.8, 4) is 5.75 Å². The highest BCUT2D eigenvalue weighted by molar-refractivity contribution is 5.91. The van der Waals surface area contributed by atoms with Gasteiger partial charge in [0.05, 0.1) is 25.5 Å². The fourth-order valence-corrected chi connectivity index (χ4v) is 2.99. The first-order valence-electron chi connectivity index (χ1n) is 9.88. The van der Waals surface area contributed by atoms with E-state index in [9.17, 15) is 4.79 Å². The normalized spacial score (nSPS) is 13.5. The third-order valence-corrected chi connectivity index (χ3v) is 4.51. The van der Waals surface area contributed by atoms with Crippen LogP contribution < -0.4 is 10.1 Å². The lowest BCUT2D eigenvalue weighted by molar-refractivity contribution is 0.0600. The minimum atomic E-state index is -0.360. The quantitative estimate of drug-likeness (QED) is 0.358. The molecule has 0 bridgehead atoms. The van der Waals surface area contributed by atoms with Crippen molar-refractivity contribution in [2.75, 3.05) is 19.5 Å². The highest BCUT2D eigenvalue weighted by atomic mass is 16.5. The van der Waals surface area contributed by atoms with Gasteiger partial charge in [0.15, 0.2) is 0 Å². The molecule has 0 aliphatic carbocycles. The van der Waals surface area contributed by atoms with Crippen LogP contribution in [0.5, 0.6) is 5.75 Å². The lowest BCUT2D eigenvalue weighted by Gasteiger charge is -2.16. The number of ether oxygens (including phenoxy) is 2. The fraction of sp³-hybridized carbons (Fsp3) is 0.458. The van der Waals surface area contributed by atoms with E-state index >= 15 is 0 Å². The van der Waals surface area contributed by atoms with Gasteiger partial charge in [-0.1, -0.05) is 35.5 Å². The van der Waals surface area contributed by atoms with Gasteiger partial charge in [-0.3, -0.25) is 0 Å². The van der Waals surface area contributed by atoms with Gasteiger partial charge in [-0.25, -0.2) is 4.79 Å². The van der Waals surface area contributed by atoms with Gasteiger partial charge in [-0.15, -0.1) is 0 Å². The standard InChI is InChI=1S/C24H35NO3/c1-7-8-9-11-18(2)12-10-13-19(3)16-20(4)25-22-17-21(24(26)28-6)14-15-23(22)27-5/h7-8,12,14-17,20,25H,9-11,13H2,1-6H3/b8-7+,18-12+,19-16+. The molecule has 0 radical (unpaired) electrons. The van der Waals surface area contributed by atoms with Crippen molar-refractivity contribution >= 4 is 11.7 Å². The molecule has 0 heterocycles. The van der Waals surface area contributed by atoms with Crippen LogP contribution in [0.2, 0.25) is 0 Å². The van der Waals surface area contributed by atoms with Crippen molar-refractivity contribution in [3.05, 3.63) is 59.2 Å². The van der Waals surface area contributed by atoms with Crippen LogP contribution in [0.15, 0.2) is 53.6 Å². The van der Waals surface area contributed by atoms with Gasteiger partial charge in [-0.2, -0.15) is 0 Å². The predicted octanol–water partition coefficient (Wildman–Crippen LogP) is 6.31. The number of hydrogen-bond acceptors (Lipinski definition) is 4. The number of carbonyl (C=O) groups is 1. The Kier molecular flexibility index (Phi) is 10.8. The summed E-state index contributed by atoms with van der Waals surface area (Å²) in [6.45, 7) is 8.51. The zero-order valence-electron chi connectivity index (χ0n) is 18.2. The molecule has 1 aromatic rings. The minimum Gasteiger partial charge on any atom is -0.495 e. The lowest BCUT2D eigenvalue weighted by Crippen LogP contribution is -2.14. The van der Waals surface area contributed by atoms with Crippen LogP contribution in [0.1, 0.15) is 63.7 Å². The van der Waals surface area contributed by atoms with Gasteiger partial charge < -0.3 is 14.8 Å². The van der Waals surface area contributed by atoms with Crippen molar-refractivity contribution in [1.82, 2.24) is 0 Å². The Morgan fingerprint density at radius 1 is 1.14 bits per heavy atom. The van der Waals surface area contributed by atoms with Crippen LogP contribution in [-0.2, 0) is 4.74 Å². The van der Waals surface area contributed by atoms with Gasteiger partial charge in [0.25, 0.3) is 0 Å². The number of carbonyl (C=O) groups excluding carboxylic acids is 1. The lowest BCUT2D eigenvalue weighted by atomic mass is 10.1. The first kappa shape index (κ1) is 23.5. The SMILES string of the molecule is C/C=C/CC/C(C)=C/CC/C(C)=C/C(C)Nc1cc(C(=O)OC)ccc1OC. The predicted molar refractivity (Wildman–Crippen MR) is 118 cm³/mol. The molecule has 1 N–H and O–H groups in total. The first-order valence-corrected chi connectivity index (χ1v) is 9.88. The monoisotopic (exact) mass is 385 g/mol. The Morgan fingerprint density at radius 2 is 1.86 bits per heavy atom. The number of hydrogen-bond donors (Lipinski definition) is 1. The molecule has 1 aromatic carbocycles. The van der Waals surface area contributed by atoms with E-state index in [4.69, 9.17) is 9.47 Å². The van der Waals surface area contributed by atoms with E-state index in [0.717, 1.165) is 31.4 Å². The molecule has 1 unspecified atom stereocenters. The Balaban J connectivity index is 2.67. The second-order valence-electron chi connectivity index (χ2n) is 7.05. The number of benzene rings is 1. The molecule has 4 nitrogen and oxygen atoms in total. The summed E-state index contributed by atoms with van der Waals surface area (Å²) in [4.78, 5) is 11.8. The molecule has 0 spiro atoms. The summed E-state index contributed by atoms with van der Waals surface area (Å²) < 4.78 is 10.2. The molecule has 0 saturated carbocycles. The van der Waals surface area contributed by atoms with Crippen LogP contribution in [0.3, 0.4) is 0 Å². The summed E-state index contributed by atoms with van der Waals surface area (Å²) in [6.07, 6.45) is 13.2. The van der Waals surface area contributed by atoms with E-state index in [1.165, 1.54) is 18.3 Å². The molecular formula is C24H35NO3. The van der Waals surface area contributed by atoms with Gasteiger partial charge in [-0.05, 0) is 71.6 Å². The second kappa shape index (κ2) is 12.8. The third kappa shape index (κ3) is 8.47. The van der Waals surface area contributed by atoms with E-state index in [-0.39, 0.29) is 12.0 Å². The van der Waals surface area contributed by atoms with Crippen molar-refractivity contribution in [2.45, 2.75) is 59.4 Å². The van der Waals surface area contributed by atoms with Crippen LogP contribution in [0.25, 0.3) is 0 Å². The molecule has 4 heteroatoms. The van der Waals surface area contributed by atoms with Crippen molar-refractivity contribution < 1.29 is 14.3 Å². The maximum atomic E-state index is 11.8. The fourth-order valence-electron chi connectivity index (χ4n) is 2.99.